The van der Waals surface area contributed by atoms with E-state index in [1.54, 1.807) is 12.1 Å². The van der Waals surface area contributed by atoms with Gasteiger partial charge < -0.3 is 0 Å². The first-order valence-electron chi connectivity index (χ1n) is 10.8. The zero-order valence-corrected chi connectivity index (χ0v) is 18.5. The zero-order chi connectivity index (χ0) is 22.8. The molecule has 162 valence electrons. The quantitative estimate of drug-likeness (QED) is 0.458. The minimum absolute atomic E-state index is 0.101. The van der Waals surface area contributed by atoms with Crippen molar-refractivity contribution in [2.24, 2.45) is 0 Å². The topological polar surface area (TPSA) is 71.9 Å². The molecule has 0 aliphatic carbocycles. The lowest BCUT2D eigenvalue weighted by Crippen LogP contribution is -2.37. The van der Waals surface area contributed by atoms with E-state index in [4.69, 9.17) is 0 Å². The van der Waals surface area contributed by atoms with Crippen LogP contribution in [-0.2, 0) is 13.0 Å². The van der Waals surface area contributed by atoms with Gasteiger partial charge in [-0.2, -0.15) is 0 Å². The average Bonchev–Trinajstić information content (AvgIpc) is 2.76. The Bertz CT molecular complexity index is 1410. The fraction of sp³-hybridized carbons (Fsp3) is 0.222. The number of hydrogen-bond donors (Lipinski definition) is 1. The number of fused-ring (bicyclic) bond motifs is 1. The maximum atomic E-state index is 13.0. The van der Waals surface area contributed by atoms with Gasteiger partial charge in [-0.1, -0.05) is 86.1 Å². The number of H-pyrrole nitrogens is 1. The van der Waals surface area contributed by atoms with Crippen LogP contribution in [0.5, 0.6) is 0 Å². The summed E-state index contributed by atoms with van der Waals surface area (Å²) in [6.45, 7) is 5.68. The molecule has 1 N–H and O–H groups in total. The number of hydrogen-bond acceptors (Lipinski definition) is 3. The van der Waals surface area contributed by atoms with E-state index >= 15 is 0 Å². The molecule has 4 rings (SSSR count). The number of Topliss-reactive ketones (excluding diaryl/α,β-unsaturated/α-hetero) is 1. The predicted octanol–water partition coefficient (Wildman–Crippen LogP) is 4.60. The maximum Gasteiger partial charge on any atom is 0.328 e. The summed E-state index contributed by atoms with van der Waals surface area (Å²) in [6, 6.07) is 21.4. The molecule has 0 bridgehead atoms. The monoisotopic (exact) mass is 426 g/mol. The Balaban J connectivity index is 1.81. The second-order valence-corrected chi connectivity index (χ2v) is 8.51. The van der Waals surface area contributed by atoms with Gasteiger partial charge in [-0.05, 0) is 29.2 Å². The van der Waals surface area contributed by atoms with Gasteiger partial charge in [-0.3, -0.25) is 19.1 Å². The lowest BCUT2D eigenvalue weighted by Gasteiger charge is -2.18. The van der Waals surface area contributed by atoms with Gasteiger partial charge in [0, 0.05) is 23.2 Å². The lowest BCUT2D eigenvalue weighted by atomic mass is 9.96. The van der Waals surface area contributed by atoms with Gasteiger partial charge in [0.2, 0.25) is 0 Å². The number of carbonyl (C=O) groups is 1. The highest BCUT2D eigenvalue weighted by Crippen LogP contribution is 2.21. The van der Waals surface area contributed by atoms with Crippen molar-refractivity contribution >= 4 is 16.6 Å². The summed E-state index contributed by atoms with van der Waals surface area (Å²) in [6.07, 6.45) is 0.388. The Labute approximate surface area is 186 Å². The van der Waals surface area contributed by atoms with Gasteiger partial charge in [-0.15, -0.1) is 0 Å². The second-order valence-electron chi connectivity index (χ2n) is 8.51. The van der Waals surface area contributed by atoms with Gasteiger partial charge >= 0.3 is 5.69 Å². The highest BCUT2D eigenvalue weighted by molar-refractivity contribution is 5.96. The van der Waals surface area contributed by atoms with Crippen LogP contribution in [0, 0.1) is 6.92 Å². The van der Waals surface area contributed by atoms with Crippen molar-refractivity contribution in [2.75, 3.05) is 0 Å². The third-order valence-corrected chi connectivity index (χ3v) is 5.79. The van der Waals surface area contributed by atoms with Crippen LogP contribution in [0.1, 0.15) is 52.5 Å². The average molecular weight is 427 g/mol. The Morgan fingerprint density at radius 3 is 2.31 bits per heavy atom. The van der Waals surface area contributed by atoms with E-state index < -0.39 is 5.69 Å². The third kappa shape index (κ3) is 4.33. The van der Waals surface area contributed by atoms with E-state index in [1.807, 2.05) is 69.3 Å². The first-order chi connectivity index (χ1) is 15.3. The van der Waals surface area contributed by atoms with Gasteiger partial charge in [0.1, 0.15) is 0 Å². The molecule has 0 saturated carbocycles. The number of nitrogens with one attached hydrogen (secondary N) is 1. The molecule has 0 aliphatic rings. The van der Waals surface area contributed by atoms with Crippen LogP contribution in [-0.4, -0.2) is 15.3 Å². The highest BCUT2D eigenvalue weighted by Gasteiger charge is 2.20. The zero-order valence-electron chi connectivity index (χ0n) is 18.5. The Morgan fingerprint density at radius 2 is 1.62 bits per heavy atom. The van der Waals surface area contributed by atoms with E-state index in [0.29, 0.717) is 23.2 Å². The minimum atomic E-state index is -0.560. The van der Waals surface area contributed by atoms with Gasteiger partial charge in [-0.25, -0.2) is 4.79 Å². The van der Waals surface area contributed by atoms with E-state index in [0.717, 1.165) is 21.9 Å². The number of ketones is 1. The largest absolute Gasteiger partial charge is 0.328 e. The van der Waals surface area contributed by atoms with Crippen molar-refractivity contribution < 1.29 is 4.79 Å². The van der Waals surface area contributed by atoms with Crippen LogP contribution < -0.4 is 11.2 Å². The first-order valence-corrected chi connectivity index (χ1v) is 10.8. The Hall–Kier alpha value is -3.73. The maximum absolute atomic E-state index is 13.0. The summed E-state index contributed by atoms with van der Waals surface area (Å²) in [7, 11) is 0. The molecule has 0 spiro atoms. The van der Waals surface area contributed by atoms with Gasteiger partial charge in [0.05, 0.1) is 6.54 Å². The van der Waals surface area contributed by atoms with E-state index in [2.05, 4.69) is 11.1 Å². The number of carbonyl (C=O) groups excluding carboxylic acids is 1. The molecule has 5 nitrogen and oxygen atoms in total. The molecule has 1 aromatic heterocycles. The number of rotatable bonds is 6. The number of aryl methyl sites for hydroxylation is 1. The van der Waals surface area contributed by atoms with Crippen LogP contribution in [0.2, 0.25) is 0 Å². The van der Waals surface area contributed by atoms with Gasteiger partial charge in [0.15, 0.2) is 5.78 Å². The van der Waals surface area contributed by atoms with Crippen LogP contribution in [0.4, 0.5) is 0 Å². The molecule has 0 fully saturated rings. The van der Waals surface area contributed by atoms with E-state index in [9.17, 15) is 14.4 Å². The fourth-order valence-corrected chi connectivity index (χ4v) is 4.10. The van der Waals surface area contributed by atoms with Crippen LogP contribution in [0.15, 0.2) is 76.3 Å². The van der Waals surface area contributed by atoms with E-state index in [-0.39, 0.29) is 23.8 Å². The summed E-state index contributed by atoms with van der Waals surface area (Å²) in [5.74, 6) is -0.274. The SMILES string of the molecule is Cc1ccc(C(=O)Cn2c(Cc3ccc4ccccc4c3)c(C(C)C)c(=O)[nH]c2=O)cc1. The molecule has 0 radical (unpaired) electrons. The third-order valence-electron chi connectivity index (χ3n) is 5.79. The van der Waals surface area contributed by atoms with E-state index in [1.165, 1.54) is 4.57 Å². The molecule has 0 saturated heterocycles. The molecular weight excluding hydrogens is 400 g/mol. The minimum Gasteiger partial charge on any atom is -0.292 e. The van der Waals surface area contributed by atoms with Crippen LogP contribution >= 0.6 is 0 Å². The molecule has 32 heavy (non-hydrogen) atoms. The fourth-order valence-electron chi connectivity index (χ4n) is 4.10. The molecule has 3 aromatic carbocycles. The Kier molecular flexibility index (Phi) is 5.91. The van der Waals surface area contributed by atoms with Crippen molar-refractivity contribution in [1.82, 2.24) is 9.55 Å². The summed E-state index contributed by atoms with van der Waals surface area (Å²) in [4.78, 5) is 40.9. The van der Waals surface area contributed by atoms with Crippen molar-refractivity contribution in [3.63, 3.8) is 0 Å². The molecule has 0 aliphatic heterocycles. The van der Waals surface area contributed by atoms with Gasteiger partial charge in [0.25, 0.3) is 5.56 Å². The summed E-state index contributed by atoms with van der Waals surface area (Å²) >= 11 is 0. The van der Waals surface area contributed by atoms with Crippen LogP contribution in [0.3, 0.4) is 0 Å². The highest BCUT2D eigenvalue weighted by atomic mass is 16.2. The number of benzene rings is 3. The number of aromatic nitrogens is 2. The molecule has 1 heterocycles. The van der Waals surface area contributed by atoms with Crippen molar-refractivity contribution in [3.05, 3.63) is 116 Å². The summed E-state index contributed by atoms with van der Waals surface area (Å²) < 4.78 is 1.42. The molecule has 0 atom stereocenters. The summed E-state index contributed by atoms with van der Waals surface area (Å²) in [5.41, 5.74) is 2.75. The normalized spacial score (nSPS) is 11.2. The smallest absolute Gasteiger partial charge is 0.292 e. The second kappa shape index (κ2) is 8.79. The Morgan fingerprint density at radius 1 is 0.938 bits per heavy atom. The number of aromatic amines is 1. The first kappa shape index (κ1) is 21.5. The molecular formula is C27H26N2O3. The molecule has 4 aromatic rings. The lowest BCUT2D eigenvalue weighted by molar-refractivity contribution is 0.0969. The van der Waals surface area contributed by atoms with Crippen molar-refractivity contribution in [3.8, 4) is 0 Å². The summed E-state index contributed by atoms with van der Waals surface area (Å²) in [5, 5.41) is 2.21. The number of nitrogens with zero attached hydrogens (tertiary/aromatic N) is 1. The van der Waals surface area contributed by atoms with Crippen molar-refractivity contribution in [1.29, 1.82) is 0 Å². The predicted molar refractivity (Wildman–Crippen MR) is 128 cm³/mol. The molecule has 5 heteroatoms. The van der Waals surface area contributed by atoms with Crippen molar-refractivity contribution in [2.45, 2.75) is 39.7 Å². The van der Waals surface area contributed by atoms with Crippen LogP contribution in [0.25, 0.3) is 10.8 Å². The molecule has 0 unspecified atom stereocenters. The molecule has 0 amide bonds. The standard InChI is InChI=1S/C27H26N2O3/c1-17(2)25-23(15-19-10-13-20-6-4-5-7-22(20)14-19)29(27(32)28-26(25)31)16-24(30)21-11-8-18(3)9-12-21/h4-14,17H,15-16H2,1-3H3,(H,28,31,32).